The number of aliphatic hydroxyl groups is 1. The second kappa shape index (κ2) is 7.20. The Hall–Kier alpha value is -3.19. The molecule has 1 amide bonds. The molecule has 0 fully saturated rings. The number of nitrogens with zero attached hydrogens (tertiary/aromatic N) is 3. The number of hydrogen-bond donors (Lipinski definition) is 1. The summed E-state index contributed by atoms with van der Waals surface area (Å²) in [6.07, 6.45) is 0. The number of amides is 1. The van der Waals surface area contributed by atoms with Crippen molar-refractivity contribution in [1.29, 1.82) is 0 Å². The molecule has 0 spiro atoms. The van der Waals surface area contributed by atoms with E-state index in [4.69, 9.17) is 4.74 Å². The molecule has 0 saturated carbocycles. The minimum atomic E-state index is -0.474. The zero-order valence-corrected chi connectivity index (χ0v) is 14.5. The number of anilines is 1. The molecule has 0 radical (unpaired) electrons. The van der Waals surface area contributed by atoms with Crippen LogP contribution in [0.1, 0.15) is 16.2 Å². The molecule has 138 valence electrons. The minimum Gasteiger partial charge on any atom is -0.487 e. The summed E-state index contributed by atoms with van der Waals surface area (Å²) in [5.74, 6) is 0.0514. The fourth-order valence-corrected chi connectivity index (χ4v) is 3.17. The number of aromatic nitrogens is 2. The molecule has 2 heterocycles. The van der Waals surface area contributed by atoms with Gasteiger partial charge in [0.15, 0.2) is 0 Å². The van der Waals surface area contributed by atoms with Crippen LogP contribution >= 0.6 is 0 Å². The summed E-state index contributed by atoms with van der Waals surface area (Å²) in [6.45, 7) is 0.357. The Kier molecular flexibility index (Phi) is 4.60. The lowest BCUT2D eigenvalue weighted by Crippen LogP contribution is -2.50. The Balaban J connectivity index is 1.58. The van der Waals surface area contributed by atoms with E-state index < -0.39 is 6.04 Å². The number of rotatable bonds is 5. The van der Waals surface area contributed by atoms with Gasteiger partial charge in [0.25, 0.3) is 5.91 Å². The predicted molar refractivity (Wildman–Crippen MR) is 97.1 cm³/mol. The molecule has 1 atom stereocenters. The third-order valence-corrected chi connectivity index (χ3v) is 4.46. The standard InChI is InChI=1S/C20H18FN3O3/c21-14-6-8-16(9-7-14)24-17(12-25)11-23-19(20(24)26)10-15(22-23)13-27-18-4-2-1-3-5-18/h1-10,17,25H,11-13H2/t17-/m1/s1. The molecule has 6 nitrogen and oxygen atoms in total. The van der Waals surface area contributed by atoms with E-state index in [0.29, 0.717) is 23.6 Å². The van der Waals surface area contributed by atoms with Gasteiger partial charge in [0.1, 0.15) is 29.6 Å². The molecule has 4 rings (SSSR count). The average molecular weight is 367 g/mol. The third-order valence-electron chi connectivity index (χ3n) is 4.46. The summed E-state index contributed by atoms with van der Waals surface area (Å²) in [7, 11) is 0. The van der Waals surface area contributed by atoms with Crippen molar-refractivity contribution in [2.45, 2.75) is 19.2 Å². The van der Waals surface area contributed by atoms with Gasteiger partial charge in [0, 0.05) is 5.69 Å². The normalized spacial score (nSPS) is 16.3. The number of carbonyl (C=O) groups is 1. The average Bonchev–Trinajstić information content (AvgIpc) is 3.11. The lowest BCUT2D eigenvalue weighted by Gasteiger charge is -2.34. The van der Waals surface area contributed by atoms with E-state index in [1.54, 1.807) is 10.7 Å². The number of halogens is 1. The molecule has 27 heavy (non-hydrogen) atoms. The van der Waals surface area contributed by atoms with Crippen molar-refractivity contribution < 1.29 is 19.0 Å². The van der Waals surface area contributed by atoms with Gasteiger partial charge in [-0.15, -0.1) is 0 Å². The largest absolute Gasteiger partial charge is 0.487 e. The Morgan fingerprint density at radius 1 is 1.15 bits per heavy atom. The van der Waals surface area contributed by atoms with Crippen LogP contribution in [0.25, 0.3) is 0 Å². The topological polar surface area (TPSA) is 67.6 Å². The Morgan fingerprint density at radius 2 is 1.89 bits per heavy atom. The molecule has 2 aromatic carbocycles. The van der Waals surface area contributed by atoms with E-state index in [1.165, 1.54) is 29.2 Å². The van der Waals surface area contributed by atoms with Gasteiger partial charge in [-0.2, -0.15) is 5.10 Å². The zero-order valence-electron chi connectivity index (χ0n) is 14.5. The number of benzene rings is 2. The lowest BCUT2D eigenvalue weighted by atomic mass is 10.1. The number of hydrogen-bond acceptors (Lipinski definition) is 4. The lowest BCUT2D eigenvalue weighted by molar-refractivity contribution is 0.0921. The smallest absolute Gasteiger partial charge is 0.276 e. The highest BCUT2D eigenvalue weighted by molar-refractivity contribution is 6.06. The van der Waals surface area contributed by atoms with Crippen LogP contribution < -0.4 is 9.64 Å². The number of para-hydroxylation sites is 1. The summed E-state index contributed by atoms with van der Waals surface area (Å²) in [6, 6.07) is 16.2. The molecule has 1 N–H and O–H groups in total. The first-order valence-corrected chi connectivity index (χ1v) is 8.60. The highest BCUT2D eigenvalue weighted by Gasteiger charge is 2.34. The molecule has 7 heteroatoms. The van der Waals surface area contributed by atoms with Crippen LogP contribution in [0.3, 0.4) is 0 Å². The van der Waals surface area contributed by atoms with E-state index in [-0.39, 0.29) is 24.9 Å². The van der Waals surface area contributed by atoms with Gasteiger partial charge in [-0.3, -0.25) is 14.4 Å². The Morgan fingerprint density at radius 3 is 2.59 bits per heavy atom. The molecule has 0 aliphatic carbocycles. The maximum atomic E-state index is 13.2. The van der Waals surface area contributed by atoms with Gasteiger partial charge in [-0.25, -0.2) is 4.39 Å². The van der Waals surface area contributed by atoms with E-state index in [2.05, 4.69) is 5.10 Å². The van der Waals surface area contributed by atoms with Crippen LogP contribution in [-0.4, -0.2) is 33.4 Å². The fourth-order valence-electron chi connectivity index (χ4n) is 3.17. The molecule has 3 aromatic rings. The molecular weight excluding hydrogens is 349 g/mol. The minimum absolute atomic E-state index is 0.224. The van der Waals surface area contributed by atoms with Crippen LogP contribution in [0.5, 0.6) is 5.75 Å². The van der Waals surface area contributed by atoms with Crippen molar-refractivity contribution in [3.63, 3.8) is 0 Å². The van der Waals surface area contributed by atoms with Crippen molar-refractivity contribution in [3.05, 3.63) is 77.9 Å². The predicted octanol–water partition coefficient (Wildman–Crippen LogP) is 2.62. The maximum Gasteiger partial charge on any atom is 0.276 e. The molecule has 0 unspecified atom stereocenters. The molecule has 0 saturated heterocycles. The van der Waals surface area contributed by atoms with Crippen molar-refractivity contribution in [3.8, 4) is 5.75 Å². The SMILES string of the molecule is O=C1c2cc(COc3ccccc3)nn2C[C@H](CO)N1c1ccc(F)cc1. The van der Waals surface area contributed by atoms with Gasteiger partial charge < -0.3 is 9.84 Å². The molecule has 1 aliphatic rings. The Labute approximate surface area is 155 Å². The van der Waals surface area contributed by atoms with Gasteiger partial charge in [0.05, 0.1) is 19.2 Å². The summed E-state index contributed by atoms with van der Waals surface area (Å²) in [5.41, 5.74) is 1.57. The van der Waals surface area contributed by atoms with Crippen molar-refractivity contribution in [1.82, 2.24) is 9.78 Å². The van der Waals surface area contributed by atoms with Crippen LogP contribution in [0.15, 0.2) is 60.7 Å². The van der Waals surface area contributed by atoms with E-state index >= 15 is 0 Å². The first kappa shape index (κ1) is 17.2. The maximum absolute atomic E-state index is 13.2. The van der Waals surface area contributed by atoms with Gasteiger partial charge in [0.2, 0.25) is 0 Å². The van der Waals surface area contributed by atoms with Gasteiger partial charge in [-0.1, -0.05) is 18.2 Å². The first-order chi connectivity index (χ1) is 13.2. The van der Waals surface area contributed by atoms with Crippen molar-refractivity contribution >= 4 is 11.6 Å². The molecule has 1 aliphatic heterocycles. The summed E-state index contributed by atoms with van der Waals surface area (Å²) >= 11 is 0. The number of carbonyl (C=O) groups excluding carboxylic acids is 1. The Bertz CT molecular complexity index is 941. The van der Waals surface area contributed by atoms with E-state index in [1.807, 2.05) is 30.3 Å². The molecule has 1 aromatic heterocycles. The fraction of sp³-hybridized carbons (Fsp3) is 0.200. The third kappa shape index (κ3) is 3.41. The van der Waals surface area contributed by atoms with E-state index in [0.717, 1.165) is 5.75 Å². The van der Waals surface area contributed by atoms with Crippen LogP contribution in [0.2, 0.25) is 0 Å². The quantitative estimate of drug-likeness (QED) is 0.753. The van der Waals surface area contributed by atoms with Gasteiger partial charge in [-0.05, 0) is 42.5 Å². The zero-order chi connectivity index (χ0) is 18.8. The second-order valence-corrected chi connectivity index (χ2v) is 6.29. The molecule has 0 bridgehead atoms. The van der Waals surface area contributed by atoms with Gasteiger partial charge >= 0.3 is 0 Å². The van der Waals surface area contributed by atoms with Crippen molar-refractivity contribution in [2.24, 2.45) is 0 Å². The van der Waals surface area contributed by atoms with Crippen LogP contribution in [0.4, 0.5) is 10.1 Å². The van der Waals surface area contributed by atoms with Crippen LogP contribution in [0, 0.1) is 5.82 Å². The number of ether oxygens (including phenoxy) is 1. The highest BCUT2D eigenvalue weighted by Crippen LogP contribution is 2.26. The summed E-state index contributed by atoms with van der Waals surface area (Å²) < 4.78 is 20.5. The molecular formula is C20H18FN3O3. The monoisotopic (exact) mass is 367 g/mol. The summed E-state index contributed by atoms with van der Waals surface area (Å²) in [5, 5.41) is 14.2. The number of aliphatic hydroxyl groups excluding tert-OH is 1. The van der Waals surface area contributed by atoms with E-state index in [9.17, 15) is 14.3 Å². The first-order valence-electron chi connectivity index (χ1n) is 8.60. The summed E-state index contributed by atoms with van der Waals surface area (Å²) in [4.78, 5) is 14.5. The second-order valence-electron chi connectivity index (χ2n) is 6.29. The van der Waals surface area contributed by atoms with Crippen LogP contribution in [-0.2, 0) is 13.2 Å². The number of fused-ring (bicyclic) bond motifs is 1. The van der Waals surface area contributed by atoms with Crippen molar-refractivity contribution in [2.75, 3.05) is 11.5 Å². The highest BCUT2D eigenvalue weighted by atomic mass is 19.1.